The van der Waals surface area contributed by atoms with Crippen molar-refractivity contribution in [2.45, 2.75) is 17.2 Å². The van der Waals surface area contributed by atoms with Crippen molar-refractivity contribution in [3.8, 4) is 6.07 Å². The van der Waals surface area contributed by atoms with E-state index in [0.29, 0.717) is 31.9 Å². The second-order valence-electron chi connectivity index (χ2n) is 6.80. The van der Waals surface area contributed by atoms with Crippen molar-refractivity contribution < 1.29 is 17.9 Å². The third-order valence-electron chi connectivity index (χ3n) is 4.86. The number of morpholine rings is 1. The van der Waals surface area contributed by atoms with Crippen LogP contribution in [0.1, 0.15) is 10.4 Å². The molecule has 0 saturated carbocycles. The van der Waals surface area contributed by atoms with Gasteiger partial charge in [-0.3, -0.25) is 9.69 Å². The van der Waals surface area contributed by atoms with Gasteiger partial charge in [-0.15, -0.1) is 0 Å². The topological polar surface area (TPSA) is 127 Å². The molecule has 3 rings (SSSR count). The number of hydrazine groups is 1. The molecule has 3 unspecified atom stereocenters. The minimum Gasteiger partial charge on any atom is -0.379 e. The lowest BCUT2D eigenvalue weighted by Crippen LogP contribution is -2.51. The van der Waals surface area contributed by atoms with Gasteiger partial charge in [-0.2, -0.15) is 5.26 Å². The highest BCUT2D eigenvalue weighted by Crippen LogP contribution is 2.19. The standard InChI is InChI=1S/C17H24N6O4S/c1-22(2)28(25,26)13-5-3-12(4-6-13)17(24)19-15-14(11-18)16(21-20-15)23-7-9-27-10-8-23/h3-6,14-16,20-21H,7-10H2,1-2H3,(H,19,24). The Bertz CT molecular complexity index is 845. The molecule has 28 heavy (non-hydrogen) atoms. The Labute approximate surface area is 164 Å². The van der Waals surface area contributed by atoms with Crippen LogP contribution in [0.4, 0.5) is 0 Å². The van der Waals surface area contributed by atoms with E-state index in [9.17, 15) is 18.5 Å². The second kappa shape index (κ2) is 8.52. The van der Waals surface area contributed by atoms with Gasteiger partial charge in [0.05, 0.1) is 30.3 Å². The number of sulfonamides is 1. The molecule has 2 saturated heterocycles. The molecule has 11 heteroatoms. The maximum Gasteiger partial charge on any atom is 0.252 e. The molecule has 3 N–H and O–H groups in total. The van der Waals surface area contributed by atoms with Crippen LogP contribution in [0, 0.1) is 17.2 Å². The number of nitriles is 1. The Morgan fingerprint density at radius 2 is 1.89 bits per heavy atom. The van der Waals surface area contributed by atoms with Crippen molar-refractivity contribution >= 4 is 15.9 Å². The normalized spacial score (nSPS) is 26.1. The number of ether oxygens (including phenoxy) is 1. The van der Waals surface area contributed by atoms with Crippen molar-refractivity contribution in [2.75, 3.05) is 40.4 Å². The molecule has 0 aliphatic carbocycles. The van der Waals surface area contributed by atoms with Crippen LogP contribution in [0.5, 0.6) is 0 Å². The fraction of sp³-hybridized carbons (Fsp3) is 0.529. The fourth-order valence-electron chi connectivity index (χ4n) is 3.20. The number of nitrogens with one attached hydrogen (secondary N) is 3. The Morgan fingerprint density at radius 3 is 2.46 bits per heavy atom. The Kier molecular flexibility index (Phi) is 6.29. The predicted octanol–water partition coefficient (Wildman–Crippen LogP) is -1.10. The number of benzene rings is 1. The SMILES string of the molecule is CN(C)S(=O)(=O)c1ccc(C(=O)NC2NNC(N3CCOCC3)C2C#N)cc1. The maximum absolute atomic E-state index is 12.6. The molecule has 152 valence electrons. The van der Waals surface area contributed by atoms with Crippen molar-refractivity contribution in [3.05, 3.63) is 29.8 Å². The summed E-state index contributed by atoms with van der Waals surface area (Å²) in [5, 5.41) is 12.4. The number of rotatable bonds is 5. The van der Waals surface area contributed by atoms with Gasteiger partial charge in [-0.05, 0) is 24.3 Å². The molecule has 1 aromatic carbocycles. The highest BCUT2D eigenvalue weighted by molar-refractivity contribution is 7.89. The van der Waals surface area contributed by atoms with Crippen LogP contribution in [0.25, 0.3) is 0 Å². The largest absolute Gasteiger partial charge is 0.379 e. The van der Waals surface area contributed by atoms with Crippen molar-refractivity contribution in [1.29, 1.82) is 5.26 Å². The summed E-state index contributed by atoms with van der Waals surface area (Å²) in [5.74, 6) is -0.883. The van der Waals surface area contributed by atoms with Gasteiger partial charge in [-0.1, -0.05) is 0 Å². The molecule has 2 aliphatic rings. The summed E-state index contributed by atoms with van der Waals surface area (Å²) in [6.45, 7) is 2.63. The zero-order valence-electron chi connectivity index (χ0n) is 15.8. The van der Waals surface area contributed by atoms with E-state index in [0.717, 1.165) is 4.31 Å². The van der Waals surface area contributed by atoms with Gasteiger partial charge in [0.2, 0.25) is 10.0 Å². The summed E-state index contributed by atoms with van der Waals surface area (Å²) in [7, 11) is -0.662. The second-order valence-corrected chi connectivity index (χ2v) is 8.95. The van der Waals surface area contributed by atoms with Crippen LogP contribution < -0.4 is 16.2 Å². The highest BCUT2D eigenvalue weighted by atomic mass is 32.2. The van der Waals surface area contributed by atoms with Crippen LogP contribution in [0.3, 0.4) is 0 Å². The van der Waals surface area contributed by atoms with E-state index in [2.05, 4.69) is 27.1 Å². The van der Waals surface area contributed by atoms with Gasteiger partial charge in [0.15, 0.2) is 0 Å². The molecule has 1 amide bonds. The van der Waals surface area contributed by atoms with E-state index in [4.69, 9.17) is 4.74 Å². The average Bonchev–Trinajstić information content (AvgIpc) is 3.11. The van der Waals surface area contributed by atoms with E-state index in [1.165, 1.54) is 38.4 Å². The lowest BCUT2D eigenvalue weighted by Gasteiger charge is -2.33. The maximum atomic E-state index is 12.6. The Hall–Kier alpha value is -2.07. The van der Waals surface area contributed by atoms with E-state index in [1.54, 1.807) is 0 Å². The first-order chi connectivity index (χ1) is 13.3. The minimum absolute atomic E-state index is 0.108. The summed E-state index contributed by atoms with van der Waals surface area (Å²) >= 11 is 0. The molecule has 2 fully saturated rings. The lowest BCUT2D eigenvalue weighted by molar-refractivity contribution is 0.00596. The summed E-state index contributed by atoms with van der Waals surface area (Å²) in [4.78, 5) is 14.8. The molecular formula is C17H24N6O4S. The third kappa shape index (κ3) is 4.17. The van der Waals surface area contributed by atoms with Gasteiger partial charge in [0.1, 0.15) is 12.1 Å². The van der Waals surface area contributed by atoms with E-state index < -0.39 is 28.0 Å². The molecule has 0 bridgehead atoms. The summed E-state index contributed by atoms with van der Waals surface area (Å²) in [5.41, 5.74) is 6.35. The summed E-state index contributed by atoms with van der Waals surface area (Å²) in [6.07, 6.45) is -0.803. The molecule has 0 aromatic heterocycles. The van der Waals surface area contributed by atoms with Crippen LogP contribution in [-0.2, 0) is 14.8 Å². The van der Waals surface area contributed by atoms with Gasteiger partial charge >= 0.3 is 0 Å². The smallest absolute Gasteiger partial charge is 0.252 e. The molecule has 3 atom stereocenters. The molecule has 1 aromatic rings. The van der Waals surface area contributed by atoms with Crippen LogP contribution >= 0.6 is 0 Å². The lowest BCUT2D eigenvalue weighted by atomic mass is 10.0. The monoisotopic (exact) mass is 408 g/mol. The van der Waals surface area contributed by atoms with E-state index in [1.807, 2.05) is 0 Å². The van der Waals surface area contributed by atoms with Crippen molar-refractivity contribution in [1.82, 2.24) is 25.4 Å². The summed E-state index contributed by atoms with van der Waals surface area (Å²) in [6, 6.07) is 7.94. The van der Waals surface area contributed by atoms with E-state index >= 15 is 0 Å². The number of amides is 1. The first kappa shape index (κ1) is 20.7. The highest BCUT2D eigenvalue weighted by Gasteiger charge is 2.40. The number of carbonyl (C=O) groups is 1. The van der Waals surface area contributed by atoms with Gasteiger partial charge in [0, 0.05) is 32.7 Å². The van der Waals surface area contributed by atoms with Crippen molar-refractivity contribution in [2.24, 2.45) is 5.92 Å². The third-order valence-corrected chi connectivity index (χ3v) is 6.69. The van der Waals surface area contributed by atoms with Gasteiger partial charge < -0.3 is 10.1 Å². The molecular weight excluding hydrogens is 384 g/mol. The fourth-order valence-corrected chi connectivity index (χ4v) is 4.10. The van der Waals surface area contributed by atoms with Crippen molar-refractivity contribution in [3.63, 3.8) is 0 Å². The minimum atomic E-state index is -3.55. The Morgan fingerprint density at radius 1 is 1.25 bits per heavy atom. The predicted molar refractivity (Wildman–Crippen MR) is 100 cm³/mol. The molecule has 2 heterocycles. The van der Waals surface area contributed by atoms with Crippen LogP contribution in [-0.4, -0.2) is 76.3 Å². The summed E-state index contributed by atoms with van der Waals surface area (Å²) < 4.78 is 30.7. The number of nitrogens with zero attached hydrogens (tertiary/aromatic N) is 3. The molecule has 0 radical (unpaired) electrons. The molecule has 2 aliphatic heterocycles. The quantitative estimate of drug-likeness (QED) is 0.560. The first-order valence-electron chi connectivity index (χ1n) is 8.90. The Balaban J connectivity index is 1.66. The number of hydrogen-bond acceptors (Lipinski definition) is 8. The number of hydrogen-bond donors (Lipinski definition) is 3. The number of carbonyl (C=O) groups excluding carboxylic acids is 1. The van der Waals surface area contributed by atoms with Gasteiger partial charge in [-0.25, -0.2) is 23.6 Å². The molecule has 0 spiro atoms. The van der Waals surface area contributed by atoms with Crippen LogP contribution in [0.15, 0.2) is 29.2 Å². The zero-order chi connectivity index (χ0) is 20.3. The molecule has 10 nitrogen and oxygen atoms in total. The average molecular weight is 408 g/mol. The zero-order valence-corrected chi connectivity index (χ0v) is 16.6. The van der Waals surface area contributed by atoms with Gasteiger partial charge in [0.25, 0.3) is 5.91 Å². The van der Waals surface area contributed by atoms with Crippen LogP contribution in [0.2, 0.25) is 0 Å². The first-order valence-corrected chi connectivity index (χ1v) is 10.3. The van der Waals surface area contributed by atoms with E-state index in [-0.39, 0.29) is 11.1 Å².